The van der Waals surface area contributed by atoms with Gasteiger partial charge in [-0.15, -0.1) is 0 Å². The third-order valence-electron chi connectivity index (χ3n) is 7.06. The second-order valence-electron chi connectivity index (χ2n) is 9.22. The summed E-state index contributed by atoms with van der Waals surface area (Å²) in [5.74, 6) is 4.21. The monoisotopic (exact) mass is 350 g/mol. The van der Waals surface area contributed by atoms with E-state index in [4.69, 9.17) is 0 Å². The summed E-state index contributed by atoms with van der Waals surface area (Å²) in [6.45, 7) is 9.56. The van der Waals surface area contributed by atoms with Gasteiger partial charge in [0.05, 0.1) is 0 Å². The zero-order valence-corrected chi connectivity index (χ0v) is 18.3. The first kappa shape index (κ1) is 23.0. The van der Waals surface area contributed by atoms with Crippen LogP contribution in [0.1, 0.15) is 137 Å². The van der Waals surface area contributed by atoms with Gasteiger partial charge in [0.2, 0.25) is 0 Å². The maximum Gasteiger partial charge on any atom is -0.0357 e. The molecule has 3 unspecified atom stereocenters. The molecule has 0 bridgehead atoms. The molecule has 0 heterocycles. The molecule has 0 aromatic heterocycles. The molecule has 0 N–H and O–H groups in total. The van der Waals surface area contributed by atoms with Crippen LogP contribution < -0.4 is 0 Å². The molecule has 0 aromatic rings. The second-order valence-corrected chi connectivity index (χ2v) is 9.22. The van der Waals surface area contributed by atoms with Crippen LogP contribution in [-0.4, -0.2) is 0 Å². The minimum absolute atomic E-state index is 0.996. The topological polar surface area (TPSA) is 0 Å². The Morgan fingerprint density at radius 2 is 1.24 bits per heavy atom. The van der Waals surface area contributed by atoms with E-state index >= 15 is 0 Å². The third-order valence-corrected chi connectivity index (χ3v) is 7.06. The molecule has 1 saturated carbocycles. The fourth-order valence-electron chi connectivity index (χ4n) is 4.83. The Kier molecular flexibility index (Phi) is 13.9. The molecule has 0 nitrogen and oxygen atoms in total. The molecule has 3 atom stereocenters. The van der Waals surface area contributed by atoms with Crippen molar-refractivity contribution in [2.45, 2.75) is 137 Å². The highest BCUT2D eigenvalue weighted by atomic mass is 14.4. The Balaban J connectivity index is 1.88. The molecule has 0 aliphatic heterocycles. The van der Waals surface area contributed by atoms with Crippen molar-refractivity contribution in [3.05, 3.63) is 0 Å². The van der Waals surface area contributed by atoms with Gasteiger partial charge in [0.25, 0.3) is 0 Å². The van der Waals surface area contributed by atoms with E-state index in [1.165, 1.54) is 96.3 Å². The van der Waals surface area contributed by atoms with Crippen LogP contribution in [0.25, 0.3) is 0 Å². The molecule has 0 spiro atoms. The van der Waals surface area contributed by atoms with Crippen molar-refractivity contribution >= 4 is 0 Å². The number of hydrogen-bond acceptors (Lipinski definition) is 0. The zero-order valence-electron chi connectivity index (χ0n) is 18.3. The van der Waals surface area contributed by atoms with E-state index in [-0.39, 0.29) is 0 Å². The van der Waals surface area contributed by atoms with Gasteiger partial charge < -0.3 is 0 Å². The maximum atomic E-state index is 2.54. The Hall–Kier alpha value is 0. The summed E-state index contributed by atoms with van der Waals surface area (Å²) in [6, 6.07) is 0. The summed E-state index contributed by atoms with van der Waals surface area (Å²) in [6.07, 6.45) is 25.1. The summed E-state index contributed by atoms with van der Waals surface area (Å²) in [7, 11) is 0. The molecule has 0 amide bonds. The van der Waals surface area contributed by atoms with E-state index in [2.05, 4.69) is 27.7 Å². The van der Waals surface area contributed by atoms with E-state index in [0.29, 0.717) is 0 Å². The molecule has 0 radical (unpaired) electrons. The summed E-state index contributed by atoms with van der Waals surface area (Å²) in [5, 5.41) is 0. The average Bonchev–Trinajstić information content (AvgIpc) is 3.40. The smallest absolute Gasteiger partial charge is 0.0357 e. The minimum atomic E-state index is 0.996. The van der Waals surface area contributed by atoms with E-state index in [1.807, 2.05) is 0 Å². The Bertz CT molecular complexity index is 278. The second kappa shape index (κ2) is 15.1. The van der Waals surface area contributed by atoms with Crippen LogP contribution in [0.2, 0.25) is 0 Å². The SMILES string of the molecule is CCCCCCCCCCCC1CC1C(C)CCCCC(CC)CC. The Morgan fingerprint density at radius 1 is 0.680 bits per heavy atom. The van der Waals surface area contributed by atoms with E-state index in [1.54, 1.807) is 12.8 Å². The molecule has 150 valence electrons. The van der Waals surface area contributed by atoms with Gasteiger partial charge in [0.15, 0.2) is 0 Å². The number of unbranched alkanes of at least 4 members (excludes halogenated alkanes) is 9. The highest BCUT2D eigenvalue weighted by molar-refractivity contribution is 4.89. The molecular weight excluding hydrogens is 300 g/mol. The number of rotatable bonds is 18. The largest absolute Gasteiger partial charge is 0.0654 e. The van der Waals surface area contributed by atoms with Crippen LogP contribution >= 0.6 is 0 Å². The van der Waals surface area contributed by atoms with Gasteiger partial charge in [0, 0.05) is 0 Å². The summed E-state index contributed by atoms with van der Waals surface area (Å²) < 4.78 is 0. The fourth-order valence-corrected chi connectivity index (χ4v) is 4.83. The Labute approximate surface area is 160 Å². The van der Waals surface area contributed by atoms with Crippen LogP contribution in [0.15, 0.2) is 0 Å². The lowest BCUT2D eigenvalue weighted by Crippen LogP contribution is -2.01. The van der Waals surface area contributed by atoms with Crippen molar-refractivity contribution in [3.8, 4) is 0 Å². The first-order valence-corrected chi connectivity index (χ1v) is 12.2. The molecule has 0 heteroatoms. The molecule has 25 heavy (non-hydrogen) atoms. The van der Waals surface area contributed by atoms with E-state index in [9.17, 15) is 0 Å². The van der Waals surface area contributed by atoms with Crippen molar-refractivity contribution in [2.24, 2.45) is 23.7 Å². The van der Waals surface area contributed by atoms with Gasteiger partial charge in [-0.25, -0.2) is 0 Å². The maximum absolute atomic E-state index is 2.54. The van der Waals surface area contributed by atoms with E-state index in [0.717, 1.165) is 23.7 Å². The normalized spacial score (nSPS) is 21.0. The van der Waals surface area contributed by atoms with Gasteiger partial charge in [-0.3, -0.25) is 0 Å². The molecule has 0 saturated heterocycles. The summed E-state index contributed by atoms with van der Waals surface area (Å²) >= 11 is 0. The molecule has 1 rings (SSSR count). The van der Waals surface area contributed by atoms with Crippen molar-refractivity contribution < 1.29 is 0 Å². The van der Waals surface area contributed by atoms with Crippen LogP contribution in [0, 0.1) is 23.7 Å². The molecule has 1 aliphatic rings. The van der Waals surface area contributed by atoms with E-state index < -0.39 is 0 Å². The van der Waals surface area contributed by atoms with Crippen LogP contribution in [0.5, 0.6) is 0 Å². The predicted molar refractivity (Wildman–Crippen MR) is 115 cm³/mol. The van der Waals surface area contributed by atoms with Crippen molar-refractivity contribution in [2.75, 3.05) is 0 Å². The zero-order chi connectivity index (χ0) is 18.3. The van der Waals surface area contributed by atoms with Gasteiger partial charge in [0.1, 0.15) is 0 Å². The number of hydrogen-bond donors (Lipinski definition) is 0. The highest BCUT2D eigenvalue weighted by Gasteiger charge is 2.39. The van der Waals surface area contributed by atoms with Crippen LogP contribution in [0.3, 0.4) is 0 Å². The molecule has 1 fully saturated rings. The first-order valence-electron chi connectivity index (χ1n) is 12.2. The molecular formula is C25H50. The summed E-state index contributed by atoms with van der Waals surface area (Å²) in [4.78, 5) is 0. The van der Waals surface area contributed by atoms with Gasteiger partial charge in [-0.1, -0.05) is 130 Å². The van der Waals surface area contributed by atoms with Gasteiger partial charge in [-0.05, 0) is 30.1 Å². The molecule has 0 aromatic carbocycles. The predicted octanol–water partition coefficient (Wildman–Crippen LogP) is 9.18. The Morgan fingerprint density at radius 3 is 1.84 bits per heavy atom. The highest BCUT2D eigenvalue weighted by Crippen LogP contribution is 2.48. The van der Waals surface area contributed by atoms with Crippen LogP contribution in [0.4, 0.5) is 0 Å². The van der Waals surface area contributed by atoms with Crippen molar-refractivity contribution in [3.63, 3.8) is 0 Å². The van der Waals surface area contributed by atoms with Crippen LogP contribution in [-0.2, 0) is 0 Å². The quantitative estimate of drug-likeness (QED) is 0.216. The lowest BCUT2D eigenvalue weighted by atomic mass is 9.92. The van der Waals surface area contributed by atoms with Crippen molar-refractivity contribution in [1.82, 2.24) is 0 Å². The third kappa shape index (κ3) is 11.3. The lowest BCUT2D eigenvalue weighted by Gasteiger charge is -2.14. The van der Waals surface area contributed by atoms with Gasteiger partial charge >= 0.3 is 0 Å². The average molecular weight is 351 g/mol. The van der Waals surface area contributed by atoms with Crippen molar-refractivity contribution in [1.29, 1.82) is 0 Å². The first-order chi connectivity index (χ1) is 12.2. The van der Waals surface area contributed by atoms with Gasteiger partial charge in [-0.2, -0.15) is 0 Å². The fraction of sp³-hybridized carbons (Fsp3) is 1.00. The molecule has 1 aliphatic carbocycles. The lowest BCUT2D eigenvalue weighted by molar-refractivity contribution is 0.382. The minimum Gasteiger partial charge on any atom is -0.0654 e. The standard InChI is InChI=1S/C25H50/c1-5-8-9-10-11-12-13-14-15-20-24-21-25(24)22(4)18-16-17-19-23(6-2)7-3/h22-25H,5-21H2,1-4H3. The summed E-state index contributed by atoms with van der Waals surface area (Å²) in [5.41, 5.74) is 0.